The molecule has 0 spiro atoms. The smallest absolute Gasteiger partial charge is 0.316 e. The number of alkyl halides is 1. The van der Waals surface area contributed by atoms with E-state index in [0.29, 0.717) is 12.5 Å². The van der Waals surface area contributed by atoms with Gasteiger partial charge < -0.3 is 14.6 Å². The summed E-state index contributed by atoms with van der Waals surface area (Å²) in [6, 6.07) is 5.99. The fourth-order valence-electron chi connectivity index (χ4n) is 2.90. The lowest BCUT2D eigenvalue weighted by molar-refractivity contribution is 0.402. The zero-order valence-electron chi connectivity index (χ0n) is 15.4. The van der Waals surface area contributed by atoms with Crippen LogP contribution in [-0.2, 0) is 6.54 Å². The highest BCUT2D eigenvalue weighted by molar-refractivity contribution is 6.26. The first-order valence-corrected chi connectivity index (χ1v) is 8.90. The van der Waals surface area contributed by atoms with Crippen molar-refractivity contribution < 1.29 is 9.13 Å². The first kappa shape index (κ1) is 19.2. The number of allylic oxidation sites excluding steroid dienone is 2. The zero-order chi connectivity index (χ0) is 19.6. The van der Waals surface area contributed by atoms with Crippen LogP contribution in [0.1, 0.15) is 19.4 Å². The van der Waals surface area contributed by atoms with Crippen molar-refractivity contribution in [3.05, 3.63) is 76.0 Å². The van der Waals surface area contributed by atoms with Crippen molar-refractivity contribution in [3.63, 3.8) is 0 Å². The van der Waals surface area contributed by atoms with Crippen LogP contribution in [0.4, 0.5) is 10.3 Å². The van der Waals surface area contributed by atoms with Crippen LogP contribution in [0.15, 0.2) is 59.1 Å². The molecule has 0 saturated heterocycles. The minimum Gasteiger partial charge on any atom is -0.490 e. The molecule has 7 heteroatoms. The third kappa shape index (κ3) is 4.06. The predicted molar refractivity (Wildman–Crippen MR) is 105 cm³/mol. The average molecular weight is 390 g/mol. The number of halogens is 2. The number of rotatable bonds is 5. The lowest BCUT2D eigenvalue weighted by Gasteiger charge is -2.34. The van der Waals surface area contributed by atoms with E-state index in [1.165, 1.54) is 19.2 Å². The van der Waals surface area contributed by atoms with Crippen LogP contribution in [0.2, 0.25) is 0 Å². The molecule has 1 aromatic carbocycles. The number of methoxy groups -OCH3 is 1. The van der Waals surface area contributed by atoms with E-state index >= 15 is 0 Å². The van der Waals surface area contributed by atoms with Gasteiger partial charge in [0.1, 0.15) is 5.82 Å². The molecule has 2 atom stereocenters. The second kappa shape index (κ2) is 7.56. The Morgan fingerprint density at radius 3 is 2.93 bits per heavy atom. The summed E-state index contributed by atoms with van der Waals surface area (Å²) in [4.78, 5) is 15.6. The molecule has 1 N–H and O–H groups in total. The molecule has 0 saturated carbocycles. The minimum atomic E-state index is -0.671. The van der Waals surface area contributed by atoms with Gasteiger partial charge in [-0.1, -0.05) is 35.9 Å². The Bertz CT molecular complexity index is 966. The van der Waals surface area contributed by atoms with Gasteiger partial charge in [0.05, 0.1) is 30.8 Å². The van der Waals surface area contributed by atoms with Gasteiger partial charge in [0.2, 0.25) is 11.7 Å². The fourth-order valence-corrected chi connectivity index (χ4v) is 3.09. The molecule has 2 aromatic rings. The molecule has 2 unspecified atom stereocenters. The van der Waals surface area contributed by atoms with Gasteiger partial charge in [0.15, 0.2) is 0 Å². The lowest BCUT2D eigenvalue weighted by Crippen LogP contribution is -2.42. The van der Waals surface area contributed by atoms with E-state index in [1.807, 2.05) is 32.1 Å². The Morgan fingerprint density at radius 1 is 1.44 bits per heavy atom. The standard InChI is InChI=1S/C20H21ClFN3O2/c1-13-6-4-9-17(20(13,2)21)23-19-24-18(26)16(27-3)12-25(19)11-14-7-5-8-15(22)10-14/h4-10,12,17H,11H2,1-3H3,(H,23,24,26). The molecule has 0 bridgehead atoms. The first-order chi connectivity index (χ1) is 12.8. The molecule has 142 valence electrons. The molecular formula is C20H21ClFN3O2. The number of anilines is 1. The number of nitrogens with one attached hydrogen (secondary N) is 1. The Hall–Kier alpha value is -2.60. The van der Waals surface area contributed by atoms with E-state index in [9.17, 15) is 9.18 Å². The third-order valence-corrected chi connectivity index (χ3v) is 5.25. The second-order valence-electron chi connectivity index (χ2n) is 6.63. The van der Waals surface area contributed by atoms with E-state index in [4.69, 9.17) is 16.3 Å². The van der Waals surface area contributed by atoms with Gasteiger partial charge >= 0.3 is 5.56 Å². The molecule has 1 aliphatic rings. The molecule has 1 aliphatic carbocycles. The van der Waals surface area contributed by atoms with Crippen LogP contribution in [0.5, 0.6) is 5.75 Å². The normalized spacial score (nSPS) is 21.7. The predicted octanol–water partition coefficient (Wildman–Crippen LogP) is 3.73. The number of benzene rings is 1. The van der Waals surface area contributed by atoms with Gasteiger partial charge in [-0.05, 0) is 31.5 Å². The average Bonchev–Trinajstić information content (AvgIpc) is 2.61. The van der Waals surface area contributed by atoms with Crippen LogP contribution in [0, 0.1) is 5.82 Å². The van der Waals surface area contributed by atoms with Gasteiger partial charge in [-0.2, -0.15) is 4.98 Å². The van der Waals surface area contributed by atoms with Gasteiger partial charge in [0.25, 0.3) is 0 Å². The van der Waals surface area contributed by atoms with Crippen molar-refractivity contribution in [2.24, 2.45) is 0 Å². The van der Waals surface area contributed by atoms with Crippen molar-refractivity contribution in [2.75, 3.05) is 12.4 Å². The van der Waals surface area contributed by atoms with E-state index < -0.39 is 10.4 Å². The summed E-state index contributed by atoms with van der Waals surface area (Å²) in [5, 5.41) is 3.24. The van der Waals surface area contributed by atoms with Crippen LogP contribution >= 0.6 is 11.6 Å². The van der Waals surface area contributed by atoms with Crippen molar-refractivity contribution in [1.29, 1.82) is 0 Å². The van der Waals surface area contributed by atoms with Crippen molar-refractivity contribution in [2.45, 2.75) is 31.3 Å². The SMILES string of the molecule is COc1cn(Cc2cccc(F)c2)c(NC2C=CC=C(C)C2(C)Cl)nc1=O. The van der Waals surface area contributed by atoms with Crippen LogP contribution in [0.3, 0.4) is 0 Å². The van der Waals surface area contributed by atoms with Gasteiger partial charge in [-0.15, -0.1) is 11.6 Å². The maximum Gasteiger partial charge on any atom is 0.316 e. The Kier molecular flexibility index (Phi) is 5.37. The summed E-state index contributed by atoms with van der Waals surface area (Å²) in [6.45, 7) is 4.17. The van der Waals surface area contributed by atoms with Crippen molar-refractivity contribution in [3.8, 4) is 5.75 Å². The molecule has 1 aromatic heterocycles. The van der Waals surface area contributed by atoms with Crippen molar-refractivity contribution >= 4 is 17.5 Å². The summed E-state index contributed by atoms with van der Waals surface area (Å²) in [5.74, 6) is 0.120. The highest BCUT2D eigenvalue weighted by Gasteiger charge is 2.34. The zero-order valence-corrected chi connectivity index (χ0v) is 16.1. The number of nitrogens with zero attached hydrogens (tertiary/aromatic N) is 2. The summed E-state index contributed by atoms with van der Waals surface area (Å²) in [7, 11) is 1.41. The van der Waals surface area contributed by atoms with E-state index in [0.717, 1.165) is 11.1 Å². The Morgan fingerprint density at radius 2 is 2.22 bits per heavy atom. The van der Waals surface area contributed by atoms with Gasteiger partial charge in [-0.25, -0.2) is 4.39 Å². The maximum atomic E-state index is 13.5. The molecule has 3 rings (SSSR count). The quantitative estimate of drug-likeness (QED) is 0.791. The van der Waals surface area contributed by atoms with Gasteiger partial charge in [-0.3, -0.25) is 4.79 Å². The minimum absolute atomic E-state index is 0.112. The highest BCUT2D eigenvalue weighted by atomic mass is 35.5. The first-order valence-electron chi connectivity index (χ1n) is 8.52. The lowest BCUT2D eigenvalue weighted by atomic mass is 9.89. The van der Waals surface area contributed by atoms with Crippen molar-refractivity contribution in [1.82, 2.24) is 9.55 Å². The van der Waals surface area contributed by atoms with E-state index in [2.05, 4.69) is 10.3 Å². The number of aromatic nitrogens is 2. The topological polar surface area (TPSA) is 56.1 Å². The Balaban J connectivity index is 1.99. The monoisotopic (exact) mass is 389 g/mol. The molecule has 27 heavy (non-hydrogen) atoms. The molecular weight excluding hydrogens is 369 g/mol. The summed E-state index contributed by atoms with van der Waals surface area (Å²) in [6.07, 6.45) is 7.34. The molecule has 5 nitrogen and oxygen atoms in total. The number of hydrogen-bond donors (Lipinski definition) is 1. The number of hydrogen-bond acceptors (Lipinski definition) is 4. The second-order valence-corrected chi connectivity index (χ2v) is 7.41. The highest BCUT2D eigenvalue weighted by Crippen LogP contribution is 2.33. The fraction of sp³-hybridized carbons (Fsp3) is 0.300. The van der Waals surface area contributed by atoms with Gasteiger partial charge in [0, 0.05) is 0 Å². The van der Waals surface area contributed by atoms with E-state index in [-0.39, 0.29) is 17.6 Å². The number of ether oxygens (including phenoxy) is 1. The molecule has 0 fully saturated rings. The van der Waals surface area contributed by atoms with Crippen LogP contribution < -0.4 is 15.6 Å². The molecule has 0 radical (unpaired) electrons. The summed E-state index contributed by atoms with van der Waals surface area (Å²) < 4.78 is 20.4. The molecule has 1 heterocycles. The maximum absolute atomic E-state index is 13.5. The molecule has 0 amide bonds. The largest absolute Gasteiger partial charge is 0.490 e. The summed E-state index contributed by atoms with van der Waals surface area (Å²) >= 11 is 6.70. The van der Waals surface area contributed by atoms with Crippen LogP contribution in [-0.4, -0.2) is 27.6 Å². The third-order valence-electron chi connectivity index (χ3n) is 4.71. The summed E-state index contributed by atoms with van der Waals surface area (Å²) in [5.41, 5.74) is 1.24. The van der Waals surface area contributed by atoms with Crippen LogP contribution in [0.25, 0.3) is 0 Å². The Labute approximate surface area is 162 Å². The van der Waals surface area contributed by atoms with E-state index in [1.54, 1.807) is 22.9 Å². The molecule has 0 aliphatic heterocycles.